The highest BCUT2D eigenvalue weighted by atomic mass is 16.5. The van der Waals surface area contributed by atoms with Crippen LogP contribution < -0.4 is 11.1 Å². The van der Waals surface area contributed by atoms with E-state index in [1.54, 1.807) is 7.05 Å². The molecule has 1 fully saturated rings. The number of hydrogen-bond acceptors (Lipinski definition) is 5. The number of ether oxygens (including phenoxy) is 1. The first-order valence-electron chi connectivity index (χ1n) is 11.9. The molecule has 1 atom stereocenters. The first-order valence-corrected chi connectivity index (χ1v) is 11.9. The predicted molar refractivity (Wildman–Crippen MR) is 135 cm³/mol. The van der Waals surface area contributed by atoms with Crippen LogP contribution in [0.1, 0.15) is 72.3 Å². The summed E-state index contributed by atoms with van der Waals surface area (Å²) in [6, 6.07) is 9.12. The third-order valence-corrected chi connectivity index (χ3v) is 4.66. The van der Waals surface area contributed by atoms with E-state index in [9.17, 15) is 14.4 Å². The lowest BCUT2D eigenvalue weighted by molar-refractivity contribution is -0.152. The molecule has 0 saturated carbocycles. The van der Waals surface area contributed by atoms with E-state index in [0.717, 1.165) is 24.3 Å². The zero-order valence-corrected chi connectivity index (χ0v) is 21.8. The van der Waals surface area contributed by atoms with Crippen molar-refractivity contribution in [2.24, 2.45) is 17.6 Å². The first-order chi connectivity index (χ1) is 15.7. The van der Waals surface area contributed by atoms with Crippen LogP contribution in [0.2, 0.25) is 0 Å². The number of amides is 2. The number of nitrogens with two attached hydrogens (primary N) is 1. The van der Waals surface area contributed by atoms with Crippen molar-refractivity contribution in [2.45, 2.75) is 79.4 Å². The molecule has 1 unspecified atom stereocenters. The molecule has 0 aromatic heterocycles. The Kier molecular flexibility index (Phi) is 21.3. The largest absolute Gasteiger partial charge is 0.459 e. The molecule has 0 bridgehead atoms. The molecule has 0 spiro atoms. The van der Waals surface area contributed by atoms with Gasteiger partial charge in [-0.05, 0) is 37.3 Å². The van der Waals surface area contributed by atoms with Crippen molar-refractivity contribution >= 4 is 18.3 Å². The van der Waals surface area contributed by atoms with E-state index in [1.807, 2.05) is 44.2 Å². The van der Waals surface area contributed by atoms with Crippen LogP contribution in [0.25, 0.3) is 0 Å². The lowest BCUT2D eigenvalue weighted by atomic mass is 10.1. The fourth-order valence-corrected chi connectivity index (χ4v) is 3.04. The second-order valence-electron chi connectivity index (χ2n) is 8.55. The lowest BCUT2D eigenvalue weighted by Gasteiger charge is -2.18. The zero-order chi connectivity index (χ0) is 25.6. The highest BCUT2D eigenvalue weighted by Crippen LogP contribution is 2.17. The first kappa shape index (κ1) is 32.8. The van der Waals surface area contributed by atoms with Crippen molar-refractivity contribution in [3.05, 3.63) is 35.9 Å². The standard InChI is InChI=1S/C13H15NO3.C6H13NO.C6H14.CH5N/c15-10-14-8-4-7-12(14)13(16)17-9-11-5-2-1-3-6-11;1-5(2)4-6(8)7-3;1-4-5-6(2)3;1-2/h1-3,5-6,10,12H,4,7-9H2;5H,4H2,1-3H3,(H,7,8);6H,4-5H2,1-3H3;2H2,1H3. The molecule has 7 heteroatoms. The Bertz CT molecular complexity index is 621. The molecule has 2 rings (SSSR count). The minimum absolute atomic E-state index is 0.125. The summed E-state index contributed by atoms with van der Waals surface area (Å²) >= 11 is 0. The SMILES string of the molecule is CCCC(C)C.CN.CNC(=O)CC(C)C.O=CN1CCCC1C(=O)OCc1ccccc1. The number of likely N-dealkylation sites (tertiary alicyclic amines) is 1. The number of nitrogens with zero attached hydrogens (tertiary/aromatic N) is 1. The average molecular weight is 466 g/mol. The van der Waals surface area contributed by atoms with Gasteiger partial charge in [0.2, 0.25) is 12.3 Å². The van der Waals surface area contributed by atoms with Gasteiger partial charge in [-0.15, -0.1) is 0 Å². The Morgan fingerprint density at radius 1 is 1.15 bits per heavy atom. The highest BCUT2D eigenvalue weighted by Gasteiger charge is 2.30. The fraction of sp³-hybridized carbons (Fsp3) is 0.654. The molecular weight excluding hydrogens is 418 g/mol. The van der Waals surface area contributed by atoms with Crippen LogP contribution in [0.15, 0.2) is 30.3 Å². The summed E-state index contributed by atoms with van der Waals surface area (Å²) in [5.74, 6) is 1.18. The smallest absolute Gasteiger partial charge is 0.329 e. The van der Waals surface area contributed by atoms with Gasteiger partial charge in [0.1, 0.15) is 12.6 Å². The van der Waals surface area contributed by atoms with Crippen LogP contribution >= 0.6 is 0 Å². The van der Waals surface area contributed by atoms with Gasteiger partial charge in [-0.25, -0.2) is 4.79 Å². The molecule has 1 aliphatic rings. The maximum absolute atomic E-state index is 11.8. The van der Waals surface area contributed by atoms with Crippen molar-refractivity contribution in [1.82, 2.24) is 10.2 Å². The minimum Gasteiger partial charge on any atom is -0.459 e. The second-order valence-corrected chi connectivity index (χ2v) is 8.55. The number of esters is 1. The van der Waals surface area contributed by atoms with Crippen LogP contribution in [-0.4, -0.2) is 49.9 Å². The summed E-state index contributed by atoms with van der Waals surface area (Å²) in [5.41, 5.74) is 5.46. The number of benzene rings is 1. The zero-order valence-electron chi connectivity index (χ0n) is 21.8. The third kappa shape index (κ3) is 17.8. The molecule has 1 aromatic carbocycles. The second kappa shape index (κ2) is 21.4. The molecule has 1 aromatic rings. The Morgan fingerprint density at radius 2 is 1.76 bits per heavy atom. The maximum atomic E-state index is 11.8. The highest BCUT2D eigenvalue weighted by molar-refractivity contribution is 5.78. The van der Waals surface area contributed by atoms with Gasteiger partial charge in [-0.2, -0.15) is 0 Å². The Labute approximate surface area is 201 Å². The topological polar surface area (TPSA) is 102 Å². The third-order valence-electron chi connectivity index (χ3n) is 4.66. The van der Waals surface area contributed by atoms with Crippen molar-refractivity contribution < 1.29 is 19.1 Å². The van der Waals surface area contributed by atoms with Crippen LogP contribution in [0.5, 0.6) is 0 Å². The summed E-state index contributed by atoms with van der Waals surface area (Å²) in [5, 5.41) is 2.56. The maximum Gasteiger partial charge on any atom is 0.329 e. The van der Waals surface area contributed by atoms with Crippen molar-refractivity contribution in [3.8, 4) is 0 Å². The van der Waals surface area contributed by atoms with E-state index >= 15 is 0 Å². The Hall–Kier alpha value is -2.41. The van der Waals surface area contributed by atoms with Gasteiger partial charge in [0.15, 0.2) is 0 Å². The molecule has 1 aliphatic heterocycles. The van der Waals surface area contributed by atoms with E-state index in [-0.39, 0.29) is 18.5 Å². The fourth-order valence-electron chi connectivity index (χ4n) is 3.04. The number of hydrogen-bond donors (Lipinski definition) is 2. The molecule has 1 heterocycles. The van der Waals surface area contributed by atoms with Gasteiger partial charge in [-0.3, -0.25) is 9.59 Å². The summed E-state index contributed by atoms with van der Waals surface area (Å²) < 4.78 is 5.20. The normalized spacial score (nSPS) is 14.1. The Balaban J connectivity index is 0. The number of carbonyl (C=O) groups is 3. The molecular formula is C26H47N3O4. The van der Waals surface area contributed by atoms with E-state index in [2.05, 4.69) is 31.8 Å². The molecule has 33 heavy (non-hydrogen) atoms. The summed E-state index contributed by atoms with van der Waals surface area (Å²) in [6.07, 6.45) is 5.63. The molecule has 0 aliphatic carbocycles. The predicted octanol–water partition coefficient (Wildman–Crippen LogP) is 4.15. The quantitative estimate of drug-likeness (QED) is 0.444. The summed E-state index contributed by atoms with van der Waals surface area (Å²) in [6.45, 7) is 11.7. The van der Waals surface area contributed by atoms with Gasteiger partial charge >= 0.3 is 5.97 Å². The van der Waals surface area contributed by atoms with Gasteiger partial charge in [0, 0.05) is 20.0 Å². The Morgan fingerprint density at radius 3 is 2.15 bits per heavy atom. The summed E-state index contributed by atoms with van der Waals surface area (Å²) in [7, 11) is 3.16. The van der Waals surface area contributed by atoms with E-state index in [4.69, 9.17) is 4.74 Å². The van der Waals surface area contributed by atoms with E-state index in [1.165, 1.54) is 24.8 Å². The molecule has 7 nitrogen and oxygen atoms in total. The van der Waals surface area contributed by atoms with Crippen molar-refractivity contribution in [1.29, 1.82) is 0 Å². The minimum atomic E-state index is -0.392. The van der Waals surface area contributed by atoms with E-state index in [0.29, 0.717) is 25.3 Å². The van der Waals surface area contributed by atoms with Crippen molar-refractivity contribution in [2.75, 3.05) is 20.6 Å². The molecule has 2 amide bonds. The van der Waals surface area contributed by atoms with Crippen LogP contribution in [-0.2, 0) is 25.7 Å². The summed E-state index contributed by atoms with van der Waals surface area (Å²) in [4.78, 5) is 34.5. The van der Waals surface area contributed by atoms with Crippen LogP contribution in [0.4, 0.5) is 0 Å². The number of nitrogens with one attached hydrogen (secondary N) is 1. The number of rotatable bonds is 8. The van der Waals surface area contributed by atoms with Crippen molar-refractivity contribution in [3.63, 3.8) is 0 Å². The number of carbonyl (C=O) groups excluding carboxylic acids is 3. The molecule has 1 saturated heterocycles. The lowest BCUT2D eigenvalue weighted by Crippen LogP contribution is -2.36. The van der Waals surface area contributed by atoms with Gasteiger partial charge in [0.05, 0.1) is 0 Å². The monoisotopic (exact) mass is 465 g/mol. The molecule has 3 N–H and O–H groups in total. The van der Waals surface area contributed by atoms with Crippen LogP contribution in [0, 0.1) is 11.8 Å². The van der Waals surface area contributed by atoms with Crippen LogP contribution in [0.3, 0.4) is 0 Å². The molecule has 0 radical (unpaired) electrons. The average Bonchev–Trinajstić information content (AvgIpc) is 3.29. The van der Waals surface area contributed by atoms with Gasteiger partial charge in [0.25, 0.3) is 0 Å². The van der Waals surface area contributed by atoms with Gasteiger partial charge < -0.3 is 20.7 Å². The van der Waals surface area contributed by atoms with Gasteiger partial charge in [-0.1, -0.05) is 77.8 Å². The van der Waals surface area contributed by atoms with E-state index < -0.39 is 6.04 Å². The molecule has 190 valence electrons.